The normalized spacial score (nSPS) is 15.2. The zero-order chi connectivity index (χ0) is 25.5. The van der Waals surface area contributed by atoms with Gasteiger partial charge in [-0.15, -0.1) is 6.58 Å². The van der Waals surface area contributed by atoms with Gasteiger partial charge < -0.3 is 18.3 Å². The summed E-state index contributed by atoms with van der Waals surface area (Å²) in [5.41, 5.74) is 1.14. The van der Waals surface area contributed by atoms with Crippen LogP contribution in [-0.2, 0) is 20.2 Å². The summed E-state index contributed by atoms with van der Waals surface area (Å²) in [6.07, 6.45) is 2.87. The molecular formula is C27H50O4Si2. The maximum Gasteiger partial charge on any atom is 0.192 e. The first kappa shape index (κ1) is 30.1. The third kappa shape index (κ3) is 9.32. The number of hydrogen-bond donors (Lipinski definition) is 0. The van der Waals surface area contributed by atoms with E-state index in [0.29, 0.717) is 19.8 Å². The number of methoxy groups -OCH3 is 1. The lowest BCUT2D eigenvalue weighted by atomic mass is 10.0. The molecule has 0 heterocycles. The number of rotatable bonds is 13. The molecule has 190 valence electrons. The highest BCUT2D eigenvalue weighted by atomic mass is 28.4. The molecule has 0 radical (unpaired) electrons. The topological polar surface area (TPSA) is 36.9 Å². The smallest absolute Gasteiger partial charge is 0.192 e. The van der Waals surface area contributed by atoms with Crippen LogP contribution in [0.15, 0.2) is 36.9 Å². The Bertz CT molecular complexity index is 715. The molecule has 0 amide bonds. The molecule has 2 atom stereocenters. The van der Waals surface area contributed by atoms with Crippen molar-refractivity contribution < 1.29 is 18.3 Å². The standard InChI is InChI=1S/C27H50O4Si2/c1-13-23(21-30-32(9,10)26(2,3)4)25(31-33(11,12)27(5,6)7)18-19-29-20-22-14-16-24(28-8)17-15-22/h13-17,23,25H,1,18-21H2,2-12H3. The highest BCUT2D eigenvalue weighted by Gasteiger charge is 2.42. The molecule has 33 heavy (non-hydrogen) atoms. The maximum atomic E-state index is 6.90. The molecule has 1 aromatic carbocycles. The average Bonchev–Trinajstić information content (AvgIpc) is 2.69. The van der Waals surface area contributed by atoms with Crippen molar-refractivity contribution in [3.63, 3.8) is 0 Å². The van der Waals surface area contributed by atoms with Gasteiger partial charge in [-0.1, -0.05) is 59.8 Å². The summed E-state index contributed by atoms with van der Waals surface area (Å²) >= 11 is 0. The minimum absolute atomic E-state index is 0.0315. The van der Waals surface area contributed by atoms with Gasteiger partial charge in [0.15, 0.2) is 16.6 Å². The number of hydrogen-bond acceptors (Lipinski definition) is 4. The number of benzene rings is 1. The molecule has 0 aliphatic carbocycles. The van der Waals surface area contributed by atoms with E-state index >= 15 is 0 Å². The Morgan fingerprint density at radius 1 is 0.909 bits per heavy atom. The first-order valence-electron chi connectivity index (χ1n) is 12.2. The largest absolute Gasteiger partial charge is 0.497 e. The van der Waals surface area contributed by atoms with E-state index in [2.05, 4.69) is 74.3 Å². The predicted octanol–water partition coefficient (Wildman–Crippen LogP) is 7.82. The SMILES string of the molecule is C=CC(CO[Si](C)(C)C(C)(C)C)C(CCOCc1ccc(OC)cc1)O[Si](C)(C)C(C)(C)C. The Morgan fingerprint density at radius 3 is 1.91 bits per heavy atom. The summed E-state index contributed by atoms with van der Waals surface area (Å²) in [6, 6.07) is 8.02. The van der Waals surface area contributed by atoms with Crippen molar-refractivity contribution in [2.45, 2.75) is 96.9 Å². The van der Waals surface area contributed by atoms with E-state index in [-0.39, 0.29) is 22.1 Å². The first-order valence-corrected chi connectivity index (χ1v) is 18.0. The van der Waals surface area contributed by atoms with Gasteiger partial charge in [0, 0.05) is 19.1 Å². The van der Waals surface area contributed by atoms with Crippen molar-refractivity contribution in [3.8, 4) is 5.75 Å². The summed E-state index contributed by atoms with van der Waals surface area (Å²) in [5.74, 6) is 0.995. The molecule has 0 N–H and O–H groups in total. The fraction of sp³-hybridized carbons (Fsp3) is 0.704. The van der Waals surface area contributed by atoms with Crippen LogP contribution in [0, 0.1) is 5.92 Å². The highest BCUT2D eigenvalue weighted by molar-refractivity contribution is 6.74. The second kappa shape index (κ2) is 12.2. The van der Waals surface area contributed by atoms with Gasteiger partial charge in [-0.25, -0.2) is 0 Å². The molecule has 0 aliphatic heterocycles. The van der Waals surface area contributed by atoms with Gasteiger partial charge in [-0.05, 0) is 60.4 Å². The third-order valence-corrected chi connectivity index (χ3v) is 16.5. The van der Waals surface area contributed by atoms with E-state index < -0.39 is 16.6 Å². The second-order valence-electron chi connectivity index (χ2n) is 12.1. The molecule has 1 rings (SSSR count). The van der Waals surface area contributed by atoms with E-state index in [9.17, 15) is 0 Å². The predicted molar refractivity (Wildman–Crippen MR) is 146 cm³/mol. The van der Waals surface area contributed by atoms with E-state index in [1.807, 2.05) is 30.3 Å². The Kier molecular flexibility index (Phi) is 11.1. The van der Waals surface area contributed by atoms with E-state index in [4.69, 9.17) is 18.3 Å². The summed E-state index contributed by atoms with van der Waals surface area (Å²) in [7, 11) is -2.12. The molecule has 0 bridgehead atoms. The van der Waals surface area contributed by atoms with Gasteiger partial charge in [0.05, 0.1) is 19.8 Å². The van der Waals surface area contributed by atoms with Crippen molar-refractivity contribution in [3.05, 3.63) is 42.5 Å². The van der Waals surface area contributed by atoms with Gasteiger partial charge in [-0.2, -0.15) is 0 Å². The van der Waals surface area contributed by atoms with E-state index in [1.54, 1.807) is 7.11 Å². The minimum atomic E-state index is -1.95. The van der Waals surface area contributed by atoms with Crippen molar-refractivity contribution in [1.82, 2.24) is 0 Å². The zero-order valence-electron chi connectivity index (χ0n) is 23.2. The van der Waals surface area contributed by atoms with Crippen LogP contribution < -0.4 is 4.74 Å². The fourth-order valence-electron chi connectivity index (χ4n) is 2.88. The van der Waals surface area contributed by atoms with E-state index in [1.165, 1.54) is 0 Å². The quantitative estimate of drug-likeness (QED) is 0.159. The van der Waals surface area contributed by atoms with Crippen LogP contribution in [-0.4, -0.2) is 43.1 Å². The molecule has 0 saturated carbocycles. The number of ether oxygens (including phenoxy) is 2. The molecule has 0 aromatic heterocycles. The van der Waals surface area contributed by atoms with Crippen LogP contribution in [0.3, 0.4) is 0 Å². The van der Waals surface area contributed by atoms with Crippen LogP contribution >= 0.6 is 0 Å². The maximum absolute atomic E-state index is 6.90. The summed E-state index contributed by atoms with van der Waals surface area (Å²) < 4.78 is 24.8. The molecule has 0 spiro atoms. The fourth-order valence-corrected chi connectivity index (χ4v) is 5.32. The lowest BCUT2D eigenvalue weighted by molar-refractivity contribution is 0.0484. The lowest BCUT2D eigenvalue weighted by Gasteiger charge is -2.42. The molecule has 0 fully saturated rings. The molecule has 6 heteroatoms. The van der Waals surface area contributed by atoms with Gasteiger partial charge in [0.1, 0.15) is 5.75 Å². The van der Waals surface area contributed by atoms with Gasteiger partial charge in [0.25, 0.3) is 0 Å². The van der Waals surface area contributed by atoms with Crippen molar-refractivity contribution >= 4 is 16.6 Å². The Balaban J connectivity index is 2.86. The molecule has 1 aromatic rings. The molecular weight excluding hydrogens is 444 g/mol. The first-order chi connectivity index (χ1) is 15.0. The monoisotopic (exact) mass is 494 g/mol. The Morgan fingerprint density at radius 2 is 1.45 bits per heavy atom. The summed E-state index contributed by atoms with van der Waals surface area (Å²) in [4.78, 5) is 0. The van der Waals surface area contributed by atoms with Crippen LogP contribution in [0.25, 0.3) is 0 Å². The van der Waals surface area contributed by atoms with E-state index in [0.717, 1.165) is 17.7 Å². The van der Waals surface area contributed by atoms with Crippen LogP contribution in [0.2, 0.25) is 36.3 Å². The lowest BCUT2D eigenvalue weighted by Crippen LogP contribution is -2.48. The zero-order valence-corrected chi connectivity index (χ0v) is 25.2. The van der Waals surface area contributed by atoms with Crippen molar-refractivity contribution in [2.24, 2.45) is 5.92 Å². The highest BCUT2D eigenvalue weighted by Crippen LogP contribution is 2.40. The van der Waals surface area contributed by atoms with Crippen molar-refractivity contribution in [1.29, 1.82) is 0 Å². The van der Waals surface area contributed by atoms with Gasteiger partial charge in [-0.3, -0.25) is 0 Å². The average molecular weight is 495 g/mol. The van der Waals surface area contributed by atoms with Crippen molar-refractivity contribution in [2.75, 3.05) is 20.3 Å². The molecule has 4 nitrogen and oxygen atoms in total. The van der Waals surface area contributed by atoms with Gasteiger partial charge >= 0.3 is 0 Å². The van der Waals surface area contributed by atoms with Crippen LogP contribution in [0.4, 0.5) is 0 Å². The Labute approximate surface area is 206 Å². The summed E-state index contributed by atoms with van der Waals surface area (Å²) in [5, 5.41) is 0.317. The molecule has 2 unspecified atom stereocenters. The van der Waals surface area contributed by atoms with Gasteiger partial charge in [0.2, 0.25) is 0 Å². The minimum Gasteiger partial charge on any atom is -0.497 e. The molecule has 0 aliphatic rings. The van der Waals surface area contributed by atoms with Crippen LogP contribution in [0.5, 0.6) is 5.75 Å². The summed E-state index contributed by atoms with van der Waals surface area (Å²) in [6.45, 7) is 28.9. The second-order valence-corrected chi connectivity index (χ2v) is 21.6. The van der Waals surface area contributed by atoms with Crippen LogP contribution in [0.1, 0.15) is 53.5 Å². The third-order valence-electron chi connectivity index (χ3n) is 7.45. The molecule has 0 saturated heterocycles. The Hall–Kier alpha value is -0.926.